The Kier molecular flexibility index (Phi) is 7.04. The molecular formula is C31H32N2O11. The lowest BCUT2D eigenvalue weighted by molar-refractivity contribution is -0.194. The maximum atomic E-state index is 13.4. The fourth-order valence-electron chi connectivity index (χ4n) is 8.03. The second-order valence-corrected chi connectivity index (χ2v) is 11.8. The van der Waals surface area contributed by atoms with Crippen LogP contribution < -0.4 is 4.74 Å². The minimum Gasteiger partial charge on any atom is -0.504 e. The molecule has 2 fully saturated rings. The number of hydrogen-bond donors (Lipinski definition) is 6. The molecule has 44 heavy (non-hydrogen) atoms. The van der Waals surface area contributed by atoms with E-state index in [9.17, 15) is 29.4 Å². The molecule has 2 unspecified atom stereocenters. The van der Waals surface area contributed by atoms with Gasteiger partial charge in [0.05, 0.1) is 28.2 Å². The molecule has 2 amide bonds. The second kappa shape index (κ2) is 10.4. The Hall–Kier alpha value is -4.30. The first kappa shape index (κ1) is 29.8. The molecule has 13 nitrogen and oxygen atoms in total. The number of imide groups is 1. The average Bonchev–Trinajstić information content (AvgIpc) is 3.48. The van der Waals surface area contributed by atoms with Gasteiger partial charge in [0.25, 0.3) is 11.8 Å². The highest BCUT2D eigenvalue weighted by Crippen LogP contribution is 2.66. The molecule has 0 radical (unpaired) electrons. The van der Waals surface area contributed by atoms with Crippen LogP contribution in [-0.4, -0.2) is 113 Å². The Morgan fingerprint density at radius 1 is 1.02 bits per heavy atom. The number of nitrogens with zero attached hydrogens (tertiary/aromatic N) is 2. The third-order valence-corrected chi connectivity index (χ3v) is 9.87. The number of benzene rings is 2. The van der Waals surface area contributed by atoms with Crippen molar-refractivity contribution >= 4 is 23.8 Å². The van der Waals surface area contributed by atoms with E-state index in [1.807, 2.05) is 12.1 Å². The number of aromatic hydroxyl groups is 1. The Morgan fingerprint density at radius 3 is 2.20 bits per heavy atom. The molecule has 5 aliphatic rings. The molecule has 3 aliphatic heterocycles. The van der Waals surface area contributed by atoms with Crippen molar-refractivity contribution in [1.82, 2.24) is 9.80 Å². The molecule has 6 N–H and O–H groups in total. The first-order valence-corrected chi connectivity index (χ1v) is 14.3. The summed E-state index contributed by atoms with van der Waals surface area (Å²) in [6.45, 7) is 5.32. The highest BCUT2D eigenvalue weighted by atomic mass is 16.5. The van der Waals surface area contributed by atoms with Gasteiger partial charge in [0.15, 0.2) is 23.7 Å². The van der Waals surface area contributed by atoms with Crippen LogP contribution in [0.15, 0.2) is 49.1 Å². The minimum absolute atomic E-state index is 0.0398. The van der Waals surface area contributed by atoms with E-state index < -0.39 is 47.3 Å². The Bertz CT molecular complexity index is 1540. The molecule has 13 heteroatoms. The number of carboxylic acids is 2. The molecule has 2 aromatic rings. The van der Waals surface area contributed by atoms with Crippen LogP contribution in [0.1, 0.15) is 51.1 Å². The van der Waals surface area contributed by atoms with E-state index in [0.717, 1.165) is 17.7 Å². The van der Waals surface area contributed by atoms with Gasteiger partial charge in [0.2, 0.25) is 0 Å². The number of carbonyl (C=O) groups excluding carboxylic acids is 2. The number of aliphatic carboxylic acids is 2. The molecule has 232 valence electrons. The zero-order valence-corrected chi connectivity index (χ0v) is 23.5. The zero-order valence-electron chi connectivity index (χ0n) is 23.5. The number of piperidine rings is 1. The van der Waals surface area contributed by atoms with Crippen molar-refractivity contribution in [3.05, 3.63) is 71.3 Å². The summed E-state index contributed by atoms with van der Waals surface area (Å²) >= 11 is 0. The summed E-state index contributed by atoms with van der Waals surface area (Å²) in [4.78, 5) is 50.0. The monoisotopic (exact) mass is 608 g/mol. The number of likely N-dealkylation sites (tertiary alicyclic amines) is 1. The summed E-state index contributed by atoms with van der Waals surface area (Å²) in [5.41, 5.74) is 0.854. The van der Waals surface area contributed by atoms with Crippen LogP contribution in [0, 0.1) is 0 Å². The first-order chi connectivity index (χ1) is 20.9. The van der Waals surface area contributed by atoms with Crippen molar-refractivity contribution in [2.45, 2.75) is 67.1 Å². The molecule has 2 aromatic carbocycles. The number of phenolic OH excluding ortho intramolecular Hbond substituents is 1. The second-order valence-electron chi connectivity index (χ2n) is 11.8. The van der Waals surface area contributed by atoms with Crippen LogP contribution in [0.4, 0.5) is 0 Å². The number of amides is 2. The van der Waals surface area contributed by atoms with E-state index >= 15 is 0 Å². The fourth-order valence-corrected chi connectivity index (χ4v) is 8.03. The van der Waals surface area contributed by atoms with Gasteiger partial charge in [-0.1, -0.05) is 24.3 Å². The van der Waals surface area contributed by atoms with Crippen molar-refractivity contribution in [1.29, 1.82) is 0 Å². The van der Waals surface area contributed by atoms with Crippen molar-refractivity contribution in [2.75, 3.05) is 13.1 Å². The predicted octanol–water partition coefficient (Wildman–Crippen LogP) is 0.275. The lowest BCUT2D eigenvalue weighted by Crippen LogP contribution is -2.78. The molecular weight excluding hydrogens is 576 g/mol. The lowest BCUT2D eigenvalue weighted by Gasteiger charge is -2.64. The lowest BCUT2D eigenvalue weighted by atomic mass is 9.48. The molecule has 1 saturated heterocycles. The van der Waals surface area contributed by atoms with E-state index in [4.69, 9.17) is 25.2 Å². The van der Waals surface area contributed by atoms with Crippen molar-refractivity contribution < 1.29 is 54.6 Å². The van der Waals surface area contributed by atoms with Crippen LogP contribution in [0.2, 0.25) is 0 Å². The zero-order chi connectivity index (χ0) is 31.7. The topological polar surface area (TPSA) is 205 Å². The van der Waals surface area contributed by atoms with E-state index in [2.05, 4.69) is 11.5 Å². The van der Waals surface area contributed by atoms with Crippen LogP contribution in [-0.2, 0) is 21.4 Å². The Balaban J connectivity index is 0.000000299. The summed E-state index contributed by atoms with van der Waals surface area (Å²) in [7, 11) is 0. The van der Waals surface area contributed by atoms with E-state index in [-0.39, 0.29) is 23.6 Å². The van der Waals surface area contributed by atoms with E-state index in [1.54, 1.807) is 30.3 Å². The number of rotatable bonds is 6. The van der Waals surface area contributed by atoms with Crippen LogP contribution in [0.3, 0.4) is 0 Å². The normalized spacial score (nSPS) is 30.7. The third kappa shape index (κ3) is 3.93. The number of carbonyl (C=O) groups is 4. The smallest absolute Gasteiger partial charge is 0.335 e. The van der Waals surface area contributed by atoms with Gasteiger partial charge in [-0.3, -0.25) is 19.4 Å². The Morgan fingerprint density at radius 2 is 1.64 bits per heavy atom. The summed E-state index contributed by atoms with van der Waals surface area (Å²) in [6.07, 6.45) is -1.13. The fraction of sp³-hybridized carbons (Fsp3) is 0.419. The highest BCUT2D eigenvalue weighted by Gasteiger charge is 2.74. The molecule has 7 atom stereocenters. The maximum absolute atomic E-state index is 13.4. The number of aliphatic hydroxyl groups is 3. The van der Waals surface area contributed by atoms with Gasteiger partial charge >= 0.3 is 11.9 Å². The molecule has 2 bridgehead atoms. The quantitative estimate of drug-likeness (QED) is 0.193. The molecule has 7 rings (SSSR count). The maximum Gasteiger partial charge on any atom is 0.335 e. The van der Waals surface area contributed by atoms with Crippen molar-refractivity contribution in [3.8, 4) is 11.5 Å². The highest BCUT2D eigenvalue weighted by molar-refractivity contribution is 6.21. The number of phenols is 1. The summed E-state index contributed by atoms with van der Waals surface area (Å²) in [5.74, 6) is -3.72. The van der Waals surface area contributed by atoms with Crippen LogP contribution >= 0.6 is 0 Å². The van der Waals surface area contributed by atoms with Gasteiger partial charge in [-0.2, -0.15) is 0 Å². The SMILES string of the molecule is C=CCN1CC[C@]23c4c5ccc(O)c4O[C@@H]2[C@H](N2C(=O)c4ccccc4C2=O)CC[C@@]3(O)[C@H]1C5.O=C(O)C(O)C(O)C(=O)O. The number of hydrogen-bond acceptors (Lipinski definition) is 10. The van der Waals surface area contributed by atoms with Gasteiger partial charge in [0.1, 0.15) is 6.10 Å². The van der Waals surface area contributed by atoms with Gasteiger partial charge in [-0.05, 0) is 56.0 Å². The summed E-state index contributed by atoms with van der Waals surface area (Å²) in [5, 5.41) is 55.7. The molecule has 2 aliphatic carbocycles. The summed E-state index contributed by atoms with van der Waals surface area (Å²) < 4.78 is 6.50. The number of aliphatic hydroxyl groups excluding tert-OH is 2. The molecule has 0 aromatic heterocycles. The Labute approximate surface area is 251 Å². The predicted molar refractivity (Wildman–Crippen MR) is 150 cm³/mol. The number of ether oxygens (including phenoxy) is 1. The van der Waals surface area contributed by atoms with Crippen molar-refractivity contribution in [2.24, 2.45) is 0 Å². The minimum atomic E-state index is -2.27. The van der Waals surface area contributed by atoms with Crippen LogP contribution in [0.5, 0.6) is 11.5 Å². The van der Waals surface area contributed by atoms with Gasteiger partial charge in [-0.15, -0.1) is 6.58 Å². The van der Waals surface area contributed by atoms with Gasteiger partial charge in [0, 0.05) is 18.2 Å². The van der Waals surface area contributed by atoms with E-state index in [1.165, 1.54) is 4.90 Å². The molecule has 3 heterocycles. The van der Waals surface area contributed by atoms with E-state index in [0.29, 0.717) is 49.1 Å². The first-order valence-electron chi connectivity index (χ1n) is 14.3. The summed E-state index contributed by atoms with van der Waals surface area (Å²) in [6, 6.07) is 9.82. The van der Waals surface area contributed by atoms with Gasteiger partial charge < -0.3 is 35.4 Å². The molecule has 1 saturated carbocycles. The average molecular weight is 609 g/mol. The van der Waals surface area contributed by atoms with Crippen molar-refractivity contribution in [3.63, 3.8) is 0 Å². The standard InChI is InChI=1S/C27H26N2O5.C4H6O6/c1-2-12-28-13-11-26-21-15-7-8-19(30)22(21)34-23(26)18(9-10-27(26,33)20(28)14-15)29-24(31)16-5-3-4-6-17(16)25(29)32;5-1(3(7)8)2(6)4(9)10/h2-8,18,20,23,30,33H,1,9-14H2;1-2,5-6H,(H,7,8)(H,9,10)/t18-,20-,23-,26+,27-;/m1./s1. The number of fused-ring (bicyclic) bond motifs is 1. The van der Waals surface area contributed by atoms with Crippen LogP contribution in [0.25, 0.3) is 0 Å². The molecule has 1 spiro atoms. The largest absolute Gasteiger partial charge is 0.504 e. The third-order valence-electron chi connectivity index (χ3n) is 9.87. The number of carboxylic acid groups (broad SMARTS) is 2. The van der Waals surface area contributed by atoms with Gasteiger partial charge in [-0.25, -0.2) is 9.59 Å².